The molecule has 0 spiro atoms. The Kier molecular flexibility index (Phi) is 18.6. The van der Waals surface area contributed by atoms with Crippen molar-refractivity contribution < 1.29 is 38.9 Å². The summed E-state index contributed by atoms with van der Waals surface area (Å²) in [7, 11) is 1.60. The van der Waals surface area contributed by atoms with E-state index in [0.717, 1.165) is 5.69 Å². The van der Waals surface area contributed by atoms with Crippen LogP contribution in [0.3, 0.4) is 0 Å². The summed E-state index contributed by atoms with van der Waals surface area (Å²) in [4.78, 5) is 61.6. The average Bonchev–Trinajstić information content (AvgIpc) is 3.30. The van der Waals surface area contributed by atoms with Gasteiger partial charge in [0.25, 0.3) is 0 Å². The van der Waals surface area contributed by atoms with Crippen molar-refractivity contribution in [2.75, 3.05) is 13.6 Å². The molecule has 0 aliphatic rings. The highest BCUT2D eigenvalue weighted by Crippen LogP contribution is 2.15. The van der Waals surface area contributed by atoms with Gasteiger partial charge in [0.1, 0.15) is 18.4 Å². The first-order valence-electron chi connectivity index (χ1n) is 12.5. The number of ether oxygens (including phenoxy) is 1. The number of thiazole rings is 1. The molecule has 38 heavy (non-hydrogen) atoms. The average molecular weight is 559 g/mol. The zero-order valence-corrected chi connectivity index (χ0v) is 23.6. The first kappa shape index (κ1) is 35.1. The van der Waals surface area contributed by atoms with Gasteiger partial charge in [-0.3, -0.25) is 24.2 Å². The minimum absolute atomic E-state index is 0.00985. The Morgan fingerprint density at radius 2 is 1.84 bits per heavy atom. The van der Waals surface area contributed by atoms with Gasteiger partial charge in [-0.25, -0.2) is 0 Å². The third-order valence-electron chi connectivity index (χ3n) is 5.31. The fourth-order valence-corrected chi connectivity index (χ4v) is 3.85. The molecule has 1 aromatic heterocycles. The molecule has 13 heteroatoms. The van der Waals surface area contributed by atoms with Crippen molar-refractivity contribution in [3.63, 3.8) is 0 Å². The fraction of sp³-hybridized carbons (Fsp3) is 0.680. The third-order valence-corrected chi connectivity index (χ3v) is 6.01. The number of rotatable bonds is 17. The number of likely N-dealkylation sites (N-methyl/N-ethyl adjacent to an activating group) is 1. The SMILES string of the molecule is CNCC(=O)NC(C)C(=O)N[C@H](C(C)C)C(O)CC(=O)OC(CC=O)CCCCC(=O)O.Cc1cscn1. The molecule has 0 saturated heterocycles. The van der Waals surface area contributed by atoms with E-state index >= 15 is 0 Å². The van der Waals surface area contributed by atoms with E-state index in [4.69, 9.17) is 9.84 Å². The van der Waals surface area contributed by atoms with E-state index in [9.17, 15) is 29.1 Å². The quantitative estimate of drug-likeness (QED) is 0.106. The van der Waals surface area contributed by atoms with Crippen molar-refractivity contribution >= 4 is 41.4 Å². The molecule has 0 aliphatic carbocycles. The van der Waals surface area contributed by atoms with Crippen LogP contribution in [0.4, 0.5) is 0 Å². The van der Waals surface area contributed by atoms with E-state index in [1.54, 1.807) is 32.2 Å². The maximum Gasteiger partial charge on any atom is 0.308 e. The molecule has 0 radical (unpaired) electrons. The van der Waals surface area contributed by atoms with Gasteiger partial charge in [0.15, 0.2) is 0 Å². The topological polar surface area (TPSA) is 184 Å². The number of esters is 1. The van der Waals surface area contributed by atoms with Crippen LogP contribution >= 0.6 is 11.3 Å². The van der Waals surface area contributed by atoms with E-state index in [1.165, 1.54) is 6.92 Å². The van der Waals surface area contributed by atoms with Crippen molar-refractivity contribution in [1.29, 1.82) is 0 Å². The van der Waals surface area contributed by atoms with Crippen molar-refractivity contribution in [2.45, 2.75) is 90.5 Å². The zero-order valence-electron chi connectivity index (χ0n) is 22.8. The normalized spacial score (nSPS) is 13.8. The van der Waals surface area contributed by atoms with Crippen LogP contribution < -0.4 is 16.0 Å². The second kappa shape index (κ2) is 20.1. The Bertz CT molecular complexity index is 850. The number of unbranched alkanes of at least 4 members (excludes halogenated alkanes) is 1. The van der Waals surface area contributed by atoms with Gasteiger partial charge in [0, 0.05) is 23.9 Å². The molecule has 0 bridgehead atoms. The number of aldehydes is 1. The monoisotopic (exact) mass is 558 g/mol. The number of nitrogens with one attached hydrogen (secondary N) is 3. The molecular weight excluding hydrogens is 516 g/mol. The number of hydrogen-bond acceptors (Lipinski definition) is 10. The van der Waals surface area contributed by atoms with E-state index in [-0.39, 0.29) is 31.2 Å². The Labute approximate surface area is 227 Å². The minimum Gasteiger partial charge on any atom is -0.481 e. The van der Waals surface area contributed by atoms with Crippen LogP contribution in [0.1, 0.15) is 65.0 Å². The lowest BCUT2D eigenvalue weighted by atomic mass is 9.96. The first-order chi connectivity index (χ1) is 17.9. The number of aromatic nitrogens is 1. The molecule has 0 saturated carbocycles. The maximum atomic E-state index is 12.4. The smallest absolute Gasteiger partial charge is 0.308 e. The molecule has 1 rings (SSSR count). The van der Waals surface area contributed by atoms with Crippen molar-refractivity contribution in [3.05, 3.63) is 16.6 Å². The van der Waals surface area contributed by atoms with Crippen LogP contribution in [0, 0.1) is 12.8 Å². The number of hydrogen-bond donors (Lipinski definition) is 5. The summed E-state index contributed by atoms with van der Waals surface area (Å²) >= 11 is 1.63. The summed E-state index contributed by atoms with van der Waals surface area (Å²) in [6.45, 7) is 7.08. The molecule has 1 heterocycles. The number of carboxylic acid groups (broad SMARTS) is 1. The molecule has 5 N–H and O–H groups in total. The Balaban J connectivity index is 0.00000198. The number of aliphatic hydroxyl groups excluding tert-OH is 1. The van der Waals surface area contributed by atoms with Crippen molar-refractivity contribution in [3.8, 4) is 0 Å². The molecule has 0 fully saturated rings. The lowest BCUT2D eigenvalue weighted by molar-refractivity contribution is -0.153. The van der Waals surface area contributed by atoms with Crippen LogP contribution in [-0.4, -0.2) is 83.1 Å². The number of carbonyl (C=O) groups excluding carboxylic acids is 4. The van der Waals surface area contributed by atoms with Gasteiger partial charge in [0.2, 0.25) is 11.8 Å². The van der Waals surface area contributed by atoms with Crippen LogP contribution in [0.25, 0.3) is 0 Å². The highest BCUT2D eigenvalue weighted by Gasteiger charge is 2.29. The third kappa shape index (κ3) is 16.8. The van der Waals surface area contributed by atoms with Gasteiger partial charge in [-0.15, -0.1) is 11.3 Å². The molecule has 1 aromatic rings. The number of amides is 2. The molecule has 216 valence electrons. The maximum absolute atomic E-state index is 12.4. The number of carbonyl (C=O) groups is 5. The first-order valence-corrected chi connectivity index (χ1v) is 13.5. The summed E-state index contributed by atoms with van der Waals surface area (Å²) in [5.41, 5.74) is 2.94. The summed E-state index contributed by atoms with van der Waals surface area (Å²) < 4.78 is 5.28. The summed E-state index contributed by atoms with van der Waals surface area (Å²) in [5, 5.41) is 29.0. The lowest BCUT2D eigenvalue weighted by Crippen LogP contribution is -2.54. The Hall–Kier alpha value is -2.90. The molecule has 0 aliphatic heterocycles. The van der Waals surface area contributed by atoms with Gasteiger partial charge in [-0.05, 0) is 46.1 Å². The van der Waals surface area contributed by atoms with Gasteiger partial charge in [-0.1, -0.05) is 13.8 Å². The van der Waals surface area contributed by atoms with Gasteiger partial charge in [-0.2, -0.15) is 0 Å². The number of carboxylic acids is 1. The molecule has 12 nitrogen and oxygen atoms in total. The number of nitrogens with zero attached hydrogens (tertiary/aromatic N) is 1. The van der Waals surface area contributed by atoms with Gasteiger partial charge in [0.05, 0.1) is 30.6 Å². The second-order valence-electron chi connectivity index (χ2n) is 9.15. The van der Waals surface area contributed by atoms with E-state index < -0.39 is 48.6 Å². The zero-order chi connectivity index (χ0) is 29.1. The predicted molar refractivity (Wildman–Crippen MR) is 142 cm³/mol. The summed E-state index contributed by atoms with van der Waals surface area (Å²) in [6, 6.07) is -1.60. The lowest BCUT2D eigenvalue weighted by Gasteiger charge is -2.29. The summed E-state index contributed by atoms with van der Waals surface area (Å²) in [6.07, 6.45) is -0.542. The Morgan fingerprint density at radius 1 is 1.16 bits per heavy atom. The fourth-order valence-electron chi connectivity index (χ4n) is 3.30. The second-order valence-corrected chi connectivity index (χ2v) is 9.87. The van der Waals surface area contributed by atoms with Gasteiger partial charge >= 0.3 is 11.9 Å². The molecule has 2 amide bonds. The molecular formula is C25H42N4O8S. The highest BCUT2D eigenvalue weighted by molar-refractivity contribution is 7.07. The number of aryl methyl sites for hydroxylation is 1. The van der Waals surface area contributed by atoms with Crippen LogP contribution in [-0.2, 0) is 28.7 Å². The van der Waals surface area contributed by atoms with E-state index in [0.29, 0.717) is 25.5 Å². The van der Waals surface area contributed by atoms with Crippen LogP contribution in [0.2, 0.25) is 0 Å². The van der Waals surface area contributed by atoms with Crippen molar-refractivity contribution in [2.24, 2.45) is 5.92 Å². The minimum atomic E-state index is -1.24. The number of aliphatic hydroxyl groups is 1. The predicted octanol–water partition coefficient (Wildman–Crippen LogP) is 1.20. The largest absolute Gasteiger partial charge is 0.481 e. The Morgan fingerprint density at radius 3 is 2.32 bits per heavy atom. The van der Waals surface area contributed by atoms with Crippen LogP contribution in [0.5, 0.6) is 0 Å². The molecule has 0 aromatic carbocycles. The standard InChI is InChI=1S/C21H37N3O8.C4H5NS/c1-13(2)20(24-21(31)14(3)23-17(27)12-22-4)16(26)11-19(30)32-15(9-10-25)7-5-6-8-18(28)29;1-4-2-6-3-5-4/h10,13-16,20,22,26H,5-9,11-12H2,1-4H3,(H,23,27)(H,24,31)(H,28,29);2-3H,1H3/t14?,15?,16?,20-;/m1./s1. The molecule has 4 atom stereocenters. The summed E-state index contributed by atoms with van der Waals surface area (Å²) in [5.74, 6) is -2.72. The number of aliphatic carboxylic acids is 1. The van der Waals surface area contributed by atoms with E-state index in [1.807, 2.05) is 17.8 Å². The van der Waals surface area contributed by atoms with E-state index in [2.05, 4.69) is 20.9 Å². The molecule has 3 unspecified atom stereocenters. The van der Waals surface area contributed by atoms with Crippen LogP contribution in [0.15, 0.2) is 10.9 Å². The van der Waals surface area contributed by atoms with Gasteiger partial charge < -0.3 is 35.7 Å². The van der Waals surface area contributed by atoms with Crippen molar-refractivity contribution in [1.82, 2.24) is 20.9 Å². The highest BCUT2D eigenvalue weighted by atomic mass is 32.1.